The normalized spacial score (nSPS) is 23.2. The maximum Gasteiger partial charge on any atom is 0.0948 e. The SMILES string of the molecule is Cc1cncn1C[C@@H]1CCCN1. The Morgan fingerprint density at radius 2 is 2.67 bits per heavy atom. The molecule has 1 fully saturated rings. The Labute approximate surface area is 72.8 Å². The molecule has 0 bridgehead atoms. The lowest BCUT2D eigenvalue weighted by Gasteiger charge is -2.11. The van der Waals surface area contributed by atoms with Crippen molar-refractivity contribution in [1.29, 1.82) is 0 Å². The maximum atomic E-state index is 4.10. The predicted octanol–water partition coefficient (Wildman–Crippen LogP) is 0.944. The van der Waals surface area contributed by atoms with Crippen molar-refractivity contribution in [3.8, 4) is 0 Å². The van der Waals surface area contributed by atoms with E-state index in [1.807, 2.05) is 12.5 Å². The van der Waals surface area contributed by atoms with Crippen molar-refractivity contribution in [2.75, 3.05) is 6.54 Å². The van der Waals surface area contributed by atoms with Gasteiger partial charge in [0.2, 0.25) is 0 Å². The standard InChI is InChI=1S/C9H15N3/c1-8-5-10-7-12(8)6-9-3-2-4-11-9/h5,7,9,11H,2-4,6H2,1H3/t9-/m0/s1. The van der Waals surface area contributed by atoms with Crippen LogP contribution in [0.4, 0.5) is 0 Å². The van der Waals surface area contributed by atoms with Crippen LogP contribution in [0.1, 0.15) is 18.5 Å². The summed E-state index contributed by atoms with van der Waals surface area (Å²) in [7, 11) is 0. The summed E-state index contributed by atoms with van der Waals surface area (Å²) in [5.41, 5.74) is 1.25. The van der Waals surface area contributed by atoms with Crippen molar-refractivity contribution in [3.63, 3.8) is 0 Å². The summed E-state index contributed by atoms with van der Waals surface area (Å²) >= 11 is 0. The number of rotatable bonds is 2. The van der Waals surface area contributed by atoms with Gasteiger partial charge in [-0.3, -0.25) is 0 Å². The smallest absolute Gasteiger partial charge is 0.0948 e. The lowest BCUT2D eigenvalue weighted by molar-refractivity contribution is 0.503. The fraction of sp³-hybridized carbons (Fsp3) is 0.667. The molecule has 3 heteroatoms. The number of nitrogens with zero attached hydrogens (tertiary/aromatic N) is 2. The van der Waals surface area contributed by atoms with Crippen LogP contribution in [0.5, 0.6) is 0 Å². The molecule has 12 heavy (non-hydrogen) atoms. The molecule has 66 valence electrons. The maximum absolute atomic E-state index is 4.10. The van der Waals surface area contributed by atoms with Gasteiger partial charge in [-0.15, -0.1) is 0 Å². The Bertz CT molecular complexity index is 248. The lowest BCUT2D eigenvalue weighted by atomic mass is 10.2. The van der Waals surface area contributed by atoms with E-state index in [2.05, 4.69) is 21.8 Å². The Morgan fingerprint density at radius 1 is 1.75 bits per heavy atom. The van der Waals surface area contributed by atoms with E-state index in [0.717, 1.165) is 6.54 Å². The van der Waals surface area contributed by atoms with Gasteiger partial charge in [-0.2, -0.15) is 0 Å². The molecule has 1 aromatic heterocycles. The zero-order chi connectivity index (χ0) is 8.39. The van der Waals surface area contributed by atoms with Gasteiger partial charge in [0.05, 0.1) is 6.33 Å². The van der Waals surface area contributed by atoms with Crippen LogP contribution in [0, 0.1) is 6.92 Å². The Morgan fingerprint density at radius 3 is 3.25 bits per heavy atom. The first-order valence-electron chi connectivity index (χ1n) is 4.56. The Kier molecular flexibility index (Phi) is 2.13. The number of aryl methyl sites for hydroxylation is 1. The van der Waals surface area contributed by atoms with E-state index in [0.29, 0.717) is 6.04 Å². The van der Waals surface area contributed by atoms with Crippen molar-refractivity contribution < 1.29 is 0 Å². The minimum Gasteiger partial charge on any atom is -0.333 e. The molecule has 2 heterocycles. The molecule has 0 aliphatic carbocycles. The van der Waals surface area contributed by atoms with Gasteiger partial charge < -0.3 is 9.88 Å². The van der Waals surface area contributed by atoms with Gasteiger partial charge in [0.15, 0.2) is 0 Å². The van der Waals surface area contributed by atoms with Crippen LogP contribution >= 0.6 is 0 Å². The number of hydrogen-bond acceptors (Lipinski definition) is 2. The van der Waals surface area contributed by atoms with Gasteiger partial charge in [0.1, 0.15) is 0 Å². The predicted molar refractivity (Wildman–Crippen MR) is 48.0 cm³/mol. The van der Waals surface area contributed by atoms with Crippen molar-refractivity contribution in [3.05, 3.63) is 18.2 Å². The van der Waals surface area contributed by atoms with Crippen molar-refractivity contribution in [2.45, 2.75) is 32.4 Å². The van der Waals surface area contributed by atoms with Crippen LogP contribution in [0.2, 0.25) is 0 Å². The van der Waals surface area contributed by atoms with Gasteiger partial charge in [-0.1, -0.05) is 0 Å². The third kappa shape index (κ3) is 1.50. The van der Waals surface area contributed by atoms with E-state index < -0.39 is 0 Å². The number of imidazole rings is 1. The minimum atomic E-state index is 0.665. The van der Waals surface area contributed by atoms with Crippen LogP contribution in [-0.4, -0.2) is 22.1 Å². The number of hydrogen-bond donors (Lipinski definition) is 1. The first-order chi connectivity index (χ1) is 5.86. The molecule has 0 radical (unpaired) electrons. The molecule has 1 aliphatic heterocycles. The van der Waals surface area contributed by atoms with E-state index in [4.69, 9.17) is 0 Å². The summed E-state index contributed by atoms with van der Waals surface area (Å²) in [4.78, 5) is 4.10. The van der Waals surface area contributed by atoms with Gasteiger partial charge in [-0.05, 0) is 26.3 Å². The second-order valence-corrected chi connectivity index (χ2v) is 3.48. The van der Waals surface area contributed by atoms with Crippen LogP contribution in [0.25, 0.3) is 0 Å². The molecular weight excluding hydrogens is 150 g/mol. The highest BCUT2D eigenvalue weighted by Crippen LogP contribution is 2.08. The van der Waals surface area contributed by atoms with Crippen molar-refractivity contribution in [1.82, 2.24) is 14.9 Å². The van der Waals surface area contributed by atoms with Crippen LogP contribution in [-0.2, 0) is 6.54 Å². The second kappa shape index (κ2) is 3.27. The van der Waals surface area contributed by atoms with E-state index in [9.17, 15) is 0 Å². The fourth-order valence-corrected chi connectivity index (χ4v) is 1.73. The molecular formula is C9H15N3. The summed E-state index contributed by atoms with van der Waals surface area (Å²) in [6.45, 7) is 4.35. The largest absolute Gasteiger partial charge is 0.333 e. The zero-order valence-corrected chi connectivity index (χ0v) is 7.45. The van der Waals surface area contributed by atoms with Crippen molar-refractivity contribution in [2.24, 2.45) is 0 Å². The van der Waals surface area contributed by atoms with Crippen molar-refractivity contribution >= 4 is 0 Å². The highest BCUT2D eigenvalue weighted by atomic mass is 15.1. The summed E-state index contributed by atoms with van der Waals surface area (Å²) in [5.74, 6) is 0. The number of nitrogens with one attached hydrogen (secondary N) is 1. The fourth-order valence-electron chi connectivity index (χ4n) is 1.73. The molecule has 2 rings (SSSR count). The first-order valence-corrected chi connectivity index (χ1v) is 4.56. The Hall–Kier alpha value is -0.830. The molecule has 0 unspecified atom stereocenters. The number of aromatic nitrogens is 2. The van der Waals surface area contributed by atoms with E-state index in [1.165, 1.54) is 25.1 Å². The zero-order valence-electron chi connectivity index (χ0n) is 7.45. The highest BCUT2D eigenvalue weighted by molar-refractivity contribution is 4.95. The quantitative estimate of drug-likeness (QED) is 0.707. The molecule has 0 amide bonds. The topological polar surface area (TPSA) is 29.9 Å². The van der Waals surface area contributed by atoms with Gasteiger partial charge in [-0.25, -0.2) is 4.98 Å². The van der Waals surface area contributed by atoms with Crippen LogP contribution < -0.4 is 5.32 Å². The van der Waals surface area contributed by atoms with Gasteiger partial charge >= 0.3 is 0 Å². The van der Waals surface area contributed by atoms with Gasteiger partial charge in [0.25, 0.3) is 0 Å². The summed E-state index contributed by atoms with van der Waals surface area (Å²) < 4.78 is 2.21. The lowest BCUT2D eigenvalue weighted by Crippen LogP contribution is -2.26. The van der Waals surface area contributed by atoms with Crippen LogP contribution in [0.15, 0.2) is 12.5 Å². The molecule has 1 N–H and O–H groups in total. The first kappa shape index (κ1) is 7.80. The van der Waals surface area contributed by atoms with E-state index >= 15 is 0 Å². The molecule has 0 aromatic carbocycles. The average molecular weight is 165 g/mol. The molecule has 3 nitrogen and oxygen atoms in total. The molecule has 1 atom stereocenters. The Balaban J connectivity index is 1.98. The third-order valence-electron chi connectivity index (χ3n) is 2.50. The summed E-state index contributed by atoms with van der Waals surface area (Å²) in [6.07, 6.45) is 6.44. The molecule has 0 saturated carbocycles. The highest BCUT2D eigenvalue weighted by Gasteiger charge is 2.14. The molecule has 0 spiro atoms. The molecule has 1 aromatic rings. The summed E-state index contributed by atoms with van der Waals surface area (Å²) in [5, 5.41) is 3.47. The summed E-state index contributed by atoms with van der Waals surface area (Å²) in [6, 6.07) is 0.665. The average Bonchev–Trinajstić information content (AvgIpc) is 2.65. The van der Waals surface area contributed by atoms with Gasteiger partial charge in [0, 0.05) is 24.5 Å². The third-order valence-corrected chi connectivity index (χ3v) is 2.50. The minimum absolute atomic E-state index is 0.665. The van der Waals surface area contributed by atoms with Crippen LogP contribution in [0.3, 0.4) is 0 Å². The molecule has 1 saturated heterocycles. The van der Waals surface area contributed by atoms with E-state index in [-0.39, 0.29) is 0 Å². The molecule has 1 aliphatic rings. The van der Waals surface area contributed by atoms with E-state index in [1.54, 1.807) is 0 Å². The monoisotopic (exact) mass is 165 g/mol. The second-order valence-electron chi connectivity index (χ2n) is 3.48.